The minimum absolute atomic E-state index is 0.0262. The van der Waals surface area contributed by atoms with Crippen LogP contribution in [0.15, 0.2) is 18.3 Å². The molecule has 3 atom stereocenters. The summed E-state index contributed by atoms with van der Waals surface area (Å²) in [7, 11) is 3.70. The normalized spacial score (nSPS) is 32.1. The Morgan fingerprint density at radius 1 is 1.32 bits per heavy atom. The zero-order valence-electron chi connectivity index (χ0n) is 14.0. The molecule has 0 amide bonds. The van der Waals surface area contributed by atoms with Gasteiger partial charge in [0, 0.05) is 39.5 Å². The van der Waals surface area contributed by atoms with Crippen LogP contribution in [0.4, 0.5) is 0 Å². The highest BCUT2D eigenvalue weighted by atomic mass is 16.5. The predicted molar refractivity (Wildman–Crippen MR) is 86.8 cm³/mol. The summed E-state index contributed by atoms with van der Waals surface area (Å²) in [5.74, 6) is 0. The lowest BCUT2D eigenvalue weighted by Crippen LogP contribution is -2.51. The number of aryl methyl sites for hydroxylation is 1. The molecule has 22 heavy (non-hydrogen) atoms. The van der Waals surface area contributed by atoms with Crippen LogP contribution in [-0.4, -0.2) is 48.4 Å². The Morgan fingerprint density at radius 3 is 2.82 bits per heavy atom. The van der Waals surface area contributed by atoms with E-state index in [1.165, 1.54) is 5.56 Å². The molecule has 2 heterocycles. The van der Waals surface area contributed by atoms with Crippen molar-refractivity contribution in [2.24, 2.45) is 0 Å². The van der Waals surface area contributed by atoms with Crippen LogP contribution in [0.25, 0.3) is 0 Å². The fraction of sp³-hybridized carbons (Fsp3) is 0.722. The Labute approximate surface area is 133 Å². The van der Waals surface area contributed by atoms with Gasteiger partial charge in [0.25, 0.3) is 0 Å². The monoisotopic (exact) mass is 304 g/mol. The molecule has 4 heteroatoms. The summed E-state index contributed by atoms with van der Waals surface area (Å²) in [4.78, 5) is 7.17. The SMILES string of the molecule is CCc1ccc(CN2CC[C@]3(OC)CC[C@H](OC)C[C@H]23)nc1. The fourth-order valence-electron chi connectivity index (χ4n) is 4.13. The van der Waals surface area contributed by atoms with E-state index in [9.17, 15) is 0 Å². The molecule has 1 saturated heterocycles. The molecule has 122 valence electrons. The molecule has 1 aliphatic heterocycles. The Kier molecular flexibility index (Phi) is 4.81. The number of hydrogen-bond donors (Lipinski definition) is 0. The van der Waals surface area contributed by atoms with E-state index >= 15 is 0 Å². The van der Waals surface area contributed by atoms with Crippen molar-refractivity contribution in [2.45, 2.75) is 63.3 Å². The van der Waals surface area contributed by atoms with Crippen molar-refractivity contribution in [1.82, 2.24) is 9.88 Å². The van der Waals surface area contributed by atoms with Crippen LogP contribution in [-0.2, 0) is 22.4 Å². The van der Waals surface area contributed by atoms with E-state index in [0.29, 0.717) is 12.1 Å². The first-order chi connectivity index (χ1) is 10.7. The average Bonchev–Trinajstić information content (AvgIpc) is 2.94. The second-order valence-corrected chi connectivity index (χ2v) is 6.65. The minimum Gasteiger partial charge on any atom is -0.381 e. The number of methoxy groups -OCH3 is 2. The Hall–Kier alpha value is -0.970. The average molecular weight is 304 g/mol. The number of hydrogen-bond acceptors (Lipinski definition) is 4. The molecule has 0 radical (unpaired) electrons. The maximum Gasteiger partial charge on any atom is 0.0847 e. The van der Waals surface area contributed by atoms with Crippen LogP contribution >= 0.6 is 0 Å². The van der Waals surface area contributed by atoms with Gasteiger partial charge < -0.3 is 9.47 Å². The molecule has 0 aromatic carbocycles. The summed E-state index contributed by atoms with van der Waals surface area (Å²) in [5.41, 5.74) is 2.48. The third-order valence-corrected chi connectivity index (χ3v) is 5.65. The topological polar surface area (TPSA) is 34.6 Å². The van der Waals surface area contributed by atoms with E-state index in [1.54, 1.807) is 0 Å². The van der Waals surface area contributed by atoms with Crippen LogP contribution < -0.4 is 0 Å². The van der Waals surface area contributed by atoms with Gasteiger partial charge in [-0.05, 0) is 43.7 Å². The smallest absolute Gasteiger partial charge is 0.0847 e. The molecule has 1 aliphatic carbocycles. The molecule has 4 nitrogen and oxygen atoms in total. The van der Waals surface area contributed by atoms with Gasteiger partial charge in [-0.3, -0.25) is 9.88 Å². The molecule has 2 fully saturated rings. The second kappa shape index (κ2) is 6.65. The van der Waals surface area contributed by atoms with Crippen LogP contribution in [0.1, 0.15) is 43.9 Å². The predicted octanol–water partition coefficient (Wildman–Crippen LogP) is 2.80. The number of rotatable bonds is 5. The first-order valence-corrected chi connectivity index (χ1v) is 8.46. The van der Waals surface area contributed by atoms with Gasteiger partial charge in [0.05, 0.1) is 17.4 Å². The number of likely N-dealkylation sites (tertiary alicyclic amines) is 1. The minimum atomic E-state index is 0.0262. The molecular weight excluding hydrogens is 276 g/mol. The van der Waals surface area contributed by atoms with Gasteiger partial charge in [-0.2, -0.15) is 0 Å². The van der Waals surface area contributed by atoms with Crippen LogP contribution in [0, 0.1) is 0 Å². The lowest BCUT2D eigenvalue weighted by molar-refractivity contribution is -0.0948. The molecule has 0 N–H and O–H groups in total. The zero-order valence-corrected chi connectivity index (χ0v) is 14.0. The molecular formula is C18H28N2O2. The standard InChI is InChI=1S/C18H28N2O2/c1-4-14-5-6-15(19-12-14)13-20-10-9-18(22-3)8-7-16(21-2)11-17(18)20/h5-6,12,16-17H,4,7-11,13H2,1-3H3/t16-,17-,18+/m0/s1. The summed E-state index contributed by atoms with van der Waals surface area (Å²) in [6.45, 7) is 4.17. The molecule has 0 bridgehead atoms. The summed E-state index contributed by atoms with van der Waals surface area (Å²) in [5, 5.41) is 0. The largest absolute Gasteiger partial charge is 0.381 e. The number of nitrogens with zero attached hydrogens (tertiary/aromatic N) is 2. The zero-order chi connectivity index (χ0) is 15.6. The quantitative estimate of drug-likeness (QED) is 0.838. The van der Waals surface area contributed by atoms with E-state index in [2.05, 4.69) is 28.9 Å². The highest BCUT2D eigenvalue weighted by Crippen LogP contribution is 2.43. The Balaban J connectivity index is 1.73. The van der Waals surface area contributed by atoms with Crippen LogP contribution in [0.5, 0.6) is 0 Å². The van der Waals surface area contributed by atoms with Crippen LogP contribution in [0.2, 0.25) is 0 Å². The van der Waals surface area contributed by atoms with Crippen molar-refractivity contribution in [3.63, 3.8) is 0 Å². The maximum atomic E-state index is 5.98. The highest BCUT2D eigenvalue weighted by molar-refractivity contribution is 5.15. The summed E-state index contributed by atoms with van der Waals surface area (Å²) < 4.78 is 11.6. The van der Waals surface area contributed by atoms with Gasteiger partial charge in [-0.1, -0.05) is 13.0 Å². The van der Waals surface area contributed by atoms with E-state index in [0.717, 1.165) is 50.9 Å². The van der Waals surface area contributed by atoms with Gasteiger partial charge >= 0.3 is 0 Å². The molecule has 1 aromatic heterocycles. The number of fused-ring (bicyclic) bond motifs is 1. The number of ether oxygens (including phenoxy) is 2. The summed E-state index contributed by atoms with van der Waals surface area (Å²) in [6, 6.07) is 4.81. The Morgan fingerprint density at radius 2 is 2.18 bits per heavy atom. The molecule has 0 spiro atoms. The van der Waals surface area contributed by atoms with E-state index in [4.69, 9.17) is 9.47 Å². The van der Waals surface area contributed by atoms with Crippen LogP contribution in [0.3, 0.4) is 0 Å². The van der Waals surface area contributed by atoms with Crippen molar-refractivity contribution < 1.29 is 9.47 Å². The van der Waals surface area contributed by atoms with Crippen molar-refractivity contribution >= 4 is 0 Å². The third-order valence-electron chi connectivity index (χ3n) is 5.65. The van der Waals surface area contributed by atoms with Gasteiger partial charge in [0.1, 0.15) is 0 Å². The van der Waals surface area contributed by atoms with E-state index in [-0.39, 0.29) is 5.60 Å². The number of aromatic nitrogens is 1. The first kappa shape index (κ1) is 15.9. The van der Waals surface area contributed by atoms with Gasteiger partial charge in [0.2, 0.25) is 0 Å². The lowest BCUT2D eigenvalue weighted by Gasteiger charge is -2.43. The highest BCUT2D eigenvalue weighted by Gasteiger charge is 2.51. The third kappa shape index (κ3) is 2.92. The van der Waals surface area contributed by atoms with Crippen molar-refractivity contribution in [1.29, 1.82) is 0 Å². The van der Waals surface area contributed by atoms with Gasteiger partial charge in [0.15, 0.2) is 0 Å². The second-order valence-electron chi connectivity index (χ2n) is 6.65. The van der Waals surface area contributed by atoms with E-state index < -0.39 is 0 Å². The molecule has 0 unspecified atom stereocenters. The molecule has 1 saturated carbocycles. The van der Waals surface area contributed by atoms with Gasteiger partial charge in [-0.25, -0.2) is 0 Å². The maximum absolute atomic E-state index is 5.98. The van der Waals surface area contributed by atoms with Crippen molar-refractivity contribution in [3.05, 3.63) is 29.6 Å². The Bertz CT molecular complexity index is 490. The molecule has 3 rings (SSSR count). The van der Waals surface area contributed by atoms with E-state index in [1.807, 2.05) is 20.4 Å². The van der Waals surface area contributed by atoms with Gasteiger partial charge in [-0.15, -0.1) is 0 Å². The molecule has 1 aromatic rings. The summed E-state index contributed by atoms with van der Waals surface area (Å²) in [6.07, 6.45) is 7.82. The summed E-state index contributed by atoms with van der Waals surface area (Å²) >= 11 is 0. The molecule has 2 aliphatic rings. The lowest BCUT2D eigenvalue weighted by atomic mass is 9.79. The van der Waals surface area contributed by atoms with Crippen molar-refractivity contribution in [2.75, 3.05) is 20.8 Å². The van der Waals surface area contributed by atoms with Crippen molar-refractivity contribution in [3.8, 4) is 0 Å². The fourth-order valence-corrected chi connectivity index (χ4v) is 4.13. The first-order valence-electron chi connectivity index (χ1n) is 8.46. The number of pyridine rings is 1.